The third-order valence-corrected chi connectivity index (χ3v) is 4.27. The largest absolute Gasteiger partial charge is 0.433 e. The molecule has 4 rings (SSSR count). The van der Waals surface area contributed by atoms with Crippen LogP contribution in [0.2, 0.25) is 0 Å². The topological polar surface area (TPSA) is 85.6 Å². The van der Waals surface area contributed by atoms with Gasteiger partial charge in [-0.3, -0.25) is 14.8 Å². The summed E-state index contributed by atoms with van der Waals surface area (Å²) < 4.78 is 39.9. The second kappa shape index (κ2) is 6.97. The molecule has 4 aromatic rings. The minimum Gasteiger partial charge on any atom is -0.320 e. The summed E-state index contributed by atoms with van der Waals surface area (Å²) >= 11 is 0. The van der Waals surface area contributed by atoms with Crippen LogP contribution >= 0.6 is 0 Å². The van der Waals surface area contributed by atoms with Crippen LogP contribution in [0.4, 0.5) is 18.9 Å². The van der Waals surface area contributed by atoms with Gasteiger partial charge >= 0.3 is 6.18 Å². The number of rotatable bonds is 3. The molecule has 0 saturated heterocycles. The molecule has 0 spiro atoms. The Morgan fingerprint density at radius 1 is 1.07 bits per heavy atom. The molecule has 3 heterocycles. The number of hydrogen-bond donors (Lipinski definition) is 1. The summed E-state index contributed by atoms with van der Waals surface area (Å²) in [5, 5.41) is 11.2. The zero-order valence-corrected chi connectivity index (χ0v) is 15.0. The van der Waals surface area contributed by atoms with Crippen LogP contribution in [0.3, 0.4) is 0 Å². The number of amides is 1. The van der Waals surface area contributed by atoms with Gasteiger partial charge in [-0.1, -0.05) is 11.3 Å². The highest BCUT2D eigenvalue weighted by Crippen LogP contribution is 2.29. The molecule has 1 N–H and O–H groups in total. The second-order valence-corrected chi connectivity index (χ2v) is 6.16. The first-order valence-corrected chi connectivity index (χ1v) is 8.45. The first kappa shape index (κ1) is 18.5. The minimum atomic E-state index is -4.61. The lowest BCUT2D eigenvalue weighted by Crippen LogP contribution is -2.15. The van der Waals surface area contributed by atoms with Crippen LogP contribution in [-0.2, 0) is 6.18 Å². The van der Waals surface area contributed by atoms with Crippen molar-refractivity contribution in [1.29, 1.82) is 0 Å². The number of aromatic nitrogens is 5. The van der Waals surface area contributed by atoms with Gasteiger partial charge in [0.1, 0.15) is 5.69 Å². The van der Waals surface area contributed by atoms with E-state index >= 15 is 0 Å². The van der Waals surface area contributed by atoms with Gasteiger partial charge in [-0.25, -0.2) is 4.68 Å². The van der Waals surface area contributed by atoms with Crippen LogP contribution in [0.15, 0.2) is 54.9 Å². The number of fused-ring (bicyclic) bond motifs is 1. The van der Waals surface area contributed by atoms with Gasteiger partial charge in [-0.15, -0.1) is 5.10 Å². The van der Waals surface area contributed by atoms with Crippen molar-refractivity contribution in [3.8, 4) is 5.69 Å². The highest BCUT2D eigenvalue weighted by atomic mass is 19.4. The number of hydrogen-bond acceptors (Lipinski definition) is 5. The summed E-state index contributed by atoms with van der Waals surface area (Å²) in [6, 6.07) is 11.1. The highest BCUT2D eigenvalue weighted by molar-refractivity contribution is 6.03. The van der Waals surface area contributed by atoms with Crippen LogP contribution in [0.5, 0.6) is 0 Å². The van der Waals surface area contributed by atoms with E-state index in [0.717, 1.165) is 23.2 Å². The molecule has 0 saturated carbocycles. The zero-order valence-electron chi connectivity index (χ0n) is 15.0. The fourth-order valence-electron chi connectivity index (χ4n) is 2.89. The van der Waals surface area contributed by atoms with E-state index in [1.165, 1.54) is 10.7 Å². The SMILES string of the molecule is Cc1c(C(=O)Nc2ccnc(C(F)(F)F)c2)nnn1-c1cccc2ncccc12. The number of alkyl halides is 3. The van der Waals surface area contributed by atoms with Crippen molar-refractivity contribution in [2.75, 3.05) is 5.32 Å². The van der Waals surface area contributed by atoms with E-state index in [1.54, 1.807) is 25.3 Å². The van der Waals surface area contributed by atoms with Crippen molar-refractivity contribution in [2.45, 2.75) is 13.1 Å². The molecule has 146 valence electrons. The third-order valence-electron chi connectivity index (χ3n) is 4.27. The number of benzene rings is 1. The van der Waals surface area contributed by atoms with Crippen molar-refractivity contribution >= 4 is 22.5 Å². The molecule has 0 fully saturated rings. The molecule has 0 unspecified atom stereocenters. The second-order valence-electron chi connectivity index (χ2n) is 6.16. The predicted molar refractivity (Wildman–Crippen MR) is 98.6 cm³/mol. The Morgan fingerprint density at radius 3 is 2.69 bits per heavy atom. The zero-order chi connectivity index (χ0) is 20.6. The molecule has 0 bridgehead atoms. The number of carbonyl (C=O) groups excluding carboxylic acids is 1. The van der Waals surface area contributed by atoms with Crippen LogP contribution in [0, 0.1) is 6.92 Å². The van der Waals surface area contributed by atoms with Gasteiger partial charge in [0, 0.05) is 23.5 Å². The van der Waals surface area contributed by atoms with Gasteiger partial charge in [0.05, 0.1) is 16.9 Å². The Morgan fingerprint density at radius 2 is 1.90 bits per heavy atom. The van der Waals surface area contributed by atoms with Crippen LogP contribution < -0.4 is 5.32 Å². The lowest BCUT2D eigenvalue weighted by atomic mass is 10.2. The van der Waals surface area contributed by atoms with E-state index in [9.17, 15) is 18.0 Å². The standard InChI is InChI=1S/C19H13F3N6O/c1-11-17(18(29)25-12-7-9-24-16(10-12)19(20,21)22)26-27-28(11)15-6-2-5-14-13(15)4-3-8-23-14/h2-10H,1H3,(H,24,25,29). The summed E-state index contributed by atoms with van der Waals surface area (Å²) in [5.41, 5.74) is 0.727. The van der Waals surface area contributed by atoms with Crippen LogP contribution in [0.25, 0.3) is 16.6 Å². The van der Waals surface area contributed by atoms with Crippen molar-refractivity contribution in [3.05, 3.63) is 71.9 Å². The summed E-state index contributed by atoms with van der Waals surface area (Å²) in [6.45, 7) is 1.65. The third kappa shape index (κ3) is 3.51. The van der Waals surface area contributed by atoms with E-state index in [0.29, 0.717) is 11.4 Å². The van der Waals surface area contributed by atoms with Crippen molar-refractivity contribution in [3.63, 3.8) is 0 Å². The van der Waals surface area contributed by atoms with E-state index in [-0.39, 0.29) is 11.4 Å². The predicted octanol–water partition coefficient (Wildman–Crippen LogP) is 3.79. The van der Waals surface area contributed by atoms with Gasteiger partial charge in [-0.2, -0.15) is 13.2 Å². The molecule has 1 aromatic carbocycles. The molecule has 29 heavy (non-hydrogen) atoms. The average Bonchev–Trinajstić information content (AvgIpc) is 3.08. The Bertz CT molecular complexity index is 1210. The maximum absolute atomic E-state index is 12.8. The summed E-state index contributed by atoms with van der Waals surface area (Å²) in [6.07, 6.45) is -1.96. The fraction of sp³-hybridized carbons (Fsp3) is 0.105. The molecular formula is C19H13F3N6O. The van der Waals surface area contributed by atoms with E-state index < -0.39 is 17.8 Å². The molecule has 7 nitrogen and oxygen atoms in total. The summed E-state index contributed by atoms with van der Waals surface area (Å²) in [5.74, 6) is -0.675. The van der Waals surface area contributed by atoms with Crippen molar-refractivity contribution in [1.82, 2.24) is 25.0 Å². The fourth-order valence-corrected chi connectivity index (χ4v) is 2.89. The average molecular weight is 398 g/mol. The Hall–Kier alpha value is -3.82. The number of halogens is 3. The Balaban J connectivity index is 1.66. The van der Waals surface area contributed by atoms with Gasteiger partial charge in [0.15, 0.2) is 5.69 Å². The van der Waals surface area contributed by atoms with Gasteiger partial charge in [0.2, 0.25) is 0 Å². The minimum absolute atomic E-state index is 0.00346. The number of nitrogens with one attached hydrogen (secondary N) is 1. The smallest absolute Gasteiger partial charge is 0.320 e. The summed E-state index contributed by atoms with van der Waals surface area (Å²) in [7, 11) is 0. The van der Waals surface area contributed by atoms with Gasteiger partial charge in [-0.05, 0) is 43.3 Å². The number of anilines is 1. The molecule has 0 atom stereocenters. The van der Waals surface area contributed by atoms with E-state index in [4.69, 9.17) is 0 Å². The Labute approximate surface area is 162 Å². The molecule has 3 aromatic heterocycles. The van der Waals surface area contributed by atoms with Crippen molar-refractivity contribution < 1.29 is 18.0 Å². The number of pyridine rings is 2. The first-order valence-electron chi connectivity index (χ1n) is 8.45. The molecule has 0 radical (unpaired) electrons. The molecule has 10 heteroatoms. The highest BCUT2D eigenvalue weighted by Gasteiger charge is 2.32. The van der Waals surface area contributed by atoms with Crippen molar-refractivity contribution in [2.24, 2.45) is 0 Å². The quantitative estimate of drug-likeness (QED) is 0.568. The summed E-state index contributed by atoms with van der Waals surface area (Å²) in [4.78, 5) is 20.1. The number of nitrogens with zero attached hydrogens (tertiary/aromatic N) is 5. The maximum atomic E-state index is 12.8. The first-order chi connectivity index (χ1) is 13.8. The normalized spacial score (nSPS) is 11.6. The monoisotopic (exact) mass is 398 g/mol. The molecule has 0 aliphatic rings. The molecule has 1 amide bonds. The number of carbonyl (C=O) groups is 1. The van der Waals surface area contributed by atoms with Gasteiger partial charge in [0.25, 0.3) is 5.91 Å². The molecule has 0 aliphatic heterocycles. The maximum Gasteiger partial charge on any atom is 0.433 e. The van der Waals surface area contributed by atoms with Gasteiger partial charge < -0.3 is 5.32 Å². The molecule has 0 aliphatic carbocycles. The lowest BCUT2D eigenvalue weighted by Gasteiger charge is -2.09. The lowest BCUT2D eigenvalue weighted by molar-refractivity contribution is -0.141. The molecular weight excluding hydrogens is 385 g/mol. The van der Waals surface area contributed by atoms with Crippen LogP contribution in [-0.4, -0.2) is 30.9 Å². The van der Waals surface area contributed by atoms with E-state index in [1.807, 2.05) is 18.2 Å². The van der Waals surface area contributed by atoms with Crippen LogP contribution in [0.1, 0.15) is 21.9 Å². The Kier molecular flexibility index (Phi) is 4.45. The van der Waals surface area contributed by atoms with E-state index in [2.05, 4.69) is 25.6 Å².